The first-order valence-electron chi connectivity index (χ1n) is 7.49. The summed E-state index contributed by atoms with van der Waals surface area (Å²) in [6, 6.07) is 2.89. The first kappa shape index (κ1) is 16.7. The van der Waals surface area contributed by atoms with Crippen LogP contribution < -0.4 is 19.5 Å². The highest BCUT2D eigenvalue weighted by atomic mass is 19.3. The van der Waals surface area contributed by atoms with Crippen molar-refractivity contribution < 1.29 is 32.5 Å². The lowest BCUT2D eigenvalue weighted by Gasteiger charge is -2.27. The third kappa shape index (κ3) is 3.68. The summed E-state index contributed by atoms with van der Waals surface area (Å²) in [7, 11) is 1.58. The molecule has 1 unspecified atom stereocenters. The van der Waals surface area contributed by atoms with E-state index in [0.29, 0.717) is 36.8 Å². The number of morpholine rings is 1. The second kappa shape index (κ2) is 7.18. The van der Waals surface area contributed by atoms with Gasteiger partial charge < -0.3 is 29.2 Å². The quantitative estimate of drug-likeness (QED) is 0.858. The number of ether oxygens (including phenoxy) is 4. The number of likely N-dealkylation sites (N-methyl/N-ethyl adjacent to an activating group) is 1. The van der Waals surface area contributed by atoms with Crippen molar-refractivity contribution in [2.24, 2.45) is 0 Å². The molecule has 0 aliphatic carbocycles. The number of alkyl halides is 2. The van der Waals surface area contributed by atoms with Crippen LogP contribution in [0, 0.1) is 0 Å². The molecule has 1 saturated heterocycles. The normalized spacial score (nSPS) is 19.4. The van der Waals surface area contributed by atoms with Crippen LogP contribution in [0.15, 0.2) is 12.1 Å². The molecule has 1 aromatic carbocycles. The van der Waals surface area contributed by atoms with E-state index >= 15 is 0 Å². The smallest absolute Gasteiger partial charge is 0.387 e. The minimum Gasteiger partial charge on any atom is -0.454 e. The van der Waals surface area contributed by atoms with E-state index in [-0.39, 0.29) is 25.0 Å². The number of carbonyl (C=O) groups excluding carboxylic acids is 1. The van der Waals surface area contributed by atoms with Crippen LogP contribution in [0.1, 0.15) is 5.56 Å². The highest BCUT2D eigenvalue weighted by molar-refractivity contribution is 5.81. The van der Waals surface area contributed by atoms with Crippen LogP contribution in [-0.4, -0.2) is 57.1 Å². The van der Waals surface area contributed by atoms with Gasteiger partial charge in [-0.25, -0.2) is 0 Å². The van der Waals surface area contributed by atoms with Crippen molar-refractivity contribution in [2.75, 3.05) is 33.5 Å². The minimum atomic E-state index is -2.98. The summed E-state index contributed by atoms with van der Waals surface area (Å²) >= 11 is 0. The van der Waals surface area contributed by atoms with Crippen molar-refractivity contribution in [3.05, 3.63) is 17.7 Å². The van der Waals surface area contributed by atoms with Gasteiger partial charge in [-0.3, -0.25) is 4.79 Å². The molecule has 1 N–H and O–H groups in total. The van der Waals surface area contributed by atoms with Crippen LogP contribution in [0.25, 0.3) is 0 Å². The maximum absolute atomic E-state index is 12.6. The van der Waals surface area contributed by atoms with Crippen LogP contribution in [0.2, 0.25) is 0 Å². The summed E-state index contributed by atoms with van der Waals surface area (Å²) in [4.78, 5) is 13.8. The zero-order chi connectivity index (χ0) is 17.1. The van der Waals surface area contributed by atoms with Gasteiger partial charge in [-0.2, -0.15) is 8.78 Å². The molecule has 0 radical (unpaired) electrons. The number of amides is 1. The van der Waals surface area contributed by atoms with E-state index in [1.54, 1.807) is 13.1 Å². The molecule has 1 amide bonds. The summed E-state index contributed by atoms with van der Waals surface area (Å²) < 4.78 is 45.7. The van der Waals surface area contributed by atoms with Gasteiger partial charge in [-0.1, -0.05) is 0 Å². The van der Waals surface area contributed by atoms with Crippen molar-refractivity contribution in [3.63, 3.8) is 0 Å². The average molecular weight is 344 g/mol. The predicted molar refractivity (Wildman–Crippen MR) is 78.3 cm³/mol. The van der Waals surface area contributed by atoms with Crippen LogP contribution in [0.4, 0.5) is 8.78 Å². The third-order valence-corrected chi connectivity index (χ3v) is 3.76. The highest BCUT2D eigenvalue weighted by Crippen LogP contribution is 2.39. The molecule has 7 nitrogen and oxygen atoms in total. The van der Waals surface area contributed by atoms with Crippen molar-refractivity contribution in [2.45, 2.75) is 19.3 Å². The van der Waals surface area contributed by atoms with Crippen LogP contribution in [-0.2, 0) is 16.1 Å². The van der Waals surface area contributed by atoms with E-state index in [1.165, 1.54) is 11.0 Å². The fraction of sp³-hybridized carbons (Fsp3) is 0.533. The summed E-state index contributed by atoms with van der Waals surface area (Å²) in [5, 5.41) is 3.07. The SMILES string of the molecule is CN(Cc1cc2c(cc1OC(F)F)OCO2)C(=O)C1CNCCO1. The van der Waals surface area contributed by atoms with E-state index in [9.17, 15) is 13.6 Å². The molecule has 2 aliphatic rings. The second-order valence-electron chi connectivity index (χ2n) is 5.45. The Hall–Kier alpha value is -2.13. The fourth-order valence-electron chi connectivity index (χ4n) is 2.60. The molecule has 132 valence electrons. The van der Waals surface area contributed by atoms with Crippen molar-refractivity contribution in [1.29, 1.82) is 0 Å². The number of hydrogen-bond acceptors (Lipinski definition) is 6. The Morgan fingerprint density at radius 1 is 1.42 bits per heavy atom. The van der Waals surface area contributed by atoms with Gasteiger partial charge in [0.05, 0.1) is 6.61 Å². The zero-order valence-corrected chi connectivity index (χ0v) is 13.1. The van der Waals surface area contributed by atoms with Crippen molar-refractivity contribution in [3.8, 4) is 17.2 Å². The lowest BCUT2D eigenvalue weighted by Crippen LogP contribution is -2.48. The number of hydrogen-bond donors (Lipinski definition) is 1. The second-order valence-corrected chi connectivity index (χ2v) is 5.45. The number of halogens is 2. The standard InChI is InChI=1S/C15H18F2N2O5/c1-19(14(20)13-6-18-2-3-21-13)7-9-4-11-12(23-8-22-11)5-10(9)24-15(16)17/h4-5,13,15,18H,2-3,6-8H2,1H3. The third-order valence-electron chi connectivity index (χ3n) is 3.76. The molecule has 1 aromatic rings. The monoisotopic (exact) mass is 344 g/mol. The summed E-state index contributed by atoms with van der Waals surface area (Å²) in [5.41, 5.74) is 0.402. The molecule has 9 heteroatoms. The Bertz CT molecular complexity index is 608. The molecule has 0 aromatic heterocycles. The Labute approximate surface area is 137 Å². The number of carbonyl (C=O) groups is 1. The Kier molecular flexibility index (Phi) is 5.00. The minimum absolute atomic E-state index is 0.0171. The maximum Gasteiger partial charge on any atom is 0.387 e. The lowest BCUT2D eigenvalue weighted by molar-refractivity contribution is -0.144. The topological polar surface area (TPSA) is 69.3 Å². The molecule has 0 saturated carbocycles. The fourth-order valence-corrected chi connectivity index (χ4v) is 2.60. The number of nitrogens with zero attached hydrogens (tertiary/aromatic N) is 1. The zero-order valence-electron chi connectivity index (χ0n) is 13.1. The number of rotatable bonds is 5. The summed E-state index contributed by atoms with van der Waals surface area (Å²) in [5.74, 6) is 0.491. The Morgan fingerprint density at radius 2 is 2.17 bits per heavy atom. The van der Waals surface area contributed by atoms with Crippen LogP contribution >= 0.6 is 0 Å². The van der Waals surface area contributed by atoms with Crippen LogP contribution in [0.3, 0.4) is 0 Å². The molecule has 2 aliphatic heterocycles. The number of fused-ring (bicyclic) bond motifs is 1. The van der Waals surface area contributed by atoms with Crippen molar-refractivity contribution in [1.82, 2.24) is 10.2 Å². The molecule has 0 bridgehead atoms. The van der Waals surface area contributed by atoms with Crippen LogP contribution in [0.5, 0.6) is 17.2 Å². The lowest BCUT2D eigenvalue weighted by atomic mass is 10.1. The maximum atomic E-state index is 12.6. The van der Waals surface area contributed by atoms with E-state index in [2.05, 4.69) is 10.1 Å². The van der Waals surface area contributed by atoms with E-state index in [0.717, 1.165) is 0 Å². The molecule has 3 rings (SSSR count). The molecule has 0 spiro atoms. The highest BCUT2D eigenvalue weighted by Gasteiger charge is 2.27. The van der Waals surface area contributed by atoms with Gasteiger partial charge in [-0.05, 0) is 6.07 Å². The Balaban J connectivity index is 1.76. The van der Waals surface area contributed by atoms with Gasteiger partial charge >= 0.3 is 6.61 Å². The predicted octanol–water partition coefficient (Wildman–Crippen LogP) is 0.963. The molecular weight excluding hydrogens is 326 g/mol. The Morgan fingerprint density at radius 3 is 2.83 bits per heavy atom. The molecule has 1 fully saturated rings. The van der Waals surface area contributed by atoms with Gasteiger partial charge in [0, 0.05) is 38.3 Å². The van der Waals surface area contributed by atoms with Gasteiger partial charge in [0.2, 0.25) is 6.79 Å². The molecule has 2 heterocycles. The molecule has 1 atom stereocenters. The average Bonchev–Trinajstić information content (AvgIpc) is 3.01. The summed E-state index contributed by atoms with van der Waals surface area (Å²) in [6.07, 6.45) is -0.586. The van der Waals surface area contributed by atoms with Crippen molar-refractivity contribution >= 4 is 5.91 Å². The van der Waals surface area contributed by atoms with Gasteiger partial charge in [-0.15, -0.1) is 0 Å². The van der Waals surface area contributed by atoms with E-state index < -0.39 is 12.7 Å². The number of nitrogens with one attached hydrogen (secondary N) is 1. The molecular formula is C15H18F2N2O5. The first-order valence-corrected chi connectivity index (χ1v) is 7.49. The van der Waals surface area contributed by atoms with E-state index in [1.807, 2.05) is 0 Å². The van der Waals surface area contributed by atoms with Gasteiger partial charge in [0.1, 0.15) is 11.9 Å². The first-order chi connectivity index (χ1) is 11.5. The number of benzene rings is 1. The molecule has 24 heavy (non-hydrogen) atoms. The summed E-state index contributed by atoms with van der Waals surface area (Å²) in [6.45, 7) is -1.31. The van der Waals surface area contributed by atoms with Gasteiger partial charge in [0.15, 0.2) is 11.5 Å². The largest absolute Gasteiger partial charge is 0.454 e. The van der Waals surface area contributed by atoms with E-state index in [4.69, 9.17) is 14.2 Å². The van der Waals surface area contributed by atoms with Gasteiger partial charge in [0.25, 0.3) is 5.91 Å².